The third kappa shape index (κ3) is 2.84. The Morgan fingerprint density at radius 1 is 1.44 bits per heavy atom. The van der Waals surface area contributed by atoms with E-state index in [0.717, 1.165) is 44.2 Å². The zero-order valence-electron chi connectivity index (χ0n) is 9.91. The van der Waals surface area contributed by atoms with Gasteiger partial charge in [-0.25, -0.2) is 0 Å². The van der Waals surface area contributed by atoms with Crippen LogP contribution in [0.3, 0.4) is 0 Å². The second kappa shape index (κ2) is 5.48. The topological polar surface area (TPSA) is 54.4 Å². The summed E-state index contributed by atoms with van der Waals surface area (Å²) in [5, 5.41) is 3.35. The maximum absolute atomic E-state index is 5.83. The van der Waals surface area contributed by atoms with Gasteiger partial charge in [0.2, 0.25) is 0 Å². The number of aryl methyl sites for hydroxylation is 1. The summed E-state index contributed by atoms with van der Waals surface area (Å²) in [6, 6.07) is 4.06. The third-order valence-corrected chi connectivity index (χ3v) is 3.14. The van der Waals surface area contributed by atoms with E-state index in [4.69, 9.17) is 10.2 Å². The zero-order valence-corrected chi connectivity index (χ0v) is 9.91. The Morgan fingerprint density at radius 2 is 2.19 bits per heavy atom. The summed E-state index contributed by atoms with van der Waals surface area (Å²) in [4.78, 5) is 2.45. The lowest BCUT2D eigenvalue weighted by Gasteiger charge is -2.29. The van der Waals surface area contributed by atoms with Gasteiger partial charge in [0.1, 0.15) is 11.5 Å². The van der Waals surface area contributed by atoms with Crippen LogP contribution < -0.4 is 11.1 Å². The first-order valence-corrected chi connectivity index (χ1v) is 5.99. The van der Waals surface area contributed by atoms with E-state index < -0.39 is 0 Å². The molecule has 1 aromatic heterocycles. The molecule has 1 fully saturated rings. The van der Waals surface area contributed by atoms with Crippen LogP contribution in [0.4, 0.5) is 0 Å². The normalized spacial score (nSPS) is 19.9. The molecule has 0 aliphatic carbocycles. The molecule has 4 heteroatoms. The van der Waals surface area contributed by atoms with Gasteiger partial charge < -0.3 is 20.4 Å². The molecule has 3 N–H and O–H groups in total. The minimum absolute atomic E-state index is 0.326. The van der Waals surface area contributed by atoms with E-state index in [1.165, 1.54) is 0 Å². The van der Waals surface area contributed by atoms with Crippen LogP contribution in [0.25, 0.3) is 0 Å². The van der Waals surface area contributed by atoms with E-state index in [0.29, 0.717) is 12.5 Å². The first kappa shape index (κ1) is 11.6. The number of piperazine rings is 1. The van der Waals surface area contributed by atoms with Gasteiger partial charge in [-0.05, 0) is 19.1 Å². The third-order valence-electron chi connectivity index (χ3n) is 3.14. The molecule has 1 unspecified atom stereocenters. The van der Waals surface area contributed by atoms with Crippen LogP contribution in [0.1, 0.15) is 17.4 Å². The van der Waals surface area contributed by atoms with Crippen molar-refractivity contribution >= 4 is 0 Å². The molecule has 1 saturated heterocycles. The van der Waals surface area contributed by atoms with E-state index in [1.54, 1.807) is 0 Å². The van der Waals surface area contributed by atoms with Crippen LogP contribution in [0.5, 0.6) is 0 Å². The van der Waals surface area contributed by atoms with Crippen molar-refractivity contribution in [1.29, 1.82) is 0 Å². The predicted molar refractivity (Wildman–Crippen MR) is 64.6 cm³/mol. The molecule has 0 amide bonds. The Hall–Kier alpha value is -0.840. The highest BCUT2D eigenvalue weighted by Crippen LogP contribution is 2.19. The van der Waals surface area contributed by atoms with Crippen molar-refractivity contribution in [2.24, 2.45) is 5.73 Å². The SMILES string of the molecule is Cc1ccc(C(CN)CN2CCNCC2)o1. The van der Waals surface area contributed by atoms with Crippen molar-refractivity contribution < 1.29 is 4.42 Å². The number of hydrogen-bond donors (Lipinski definition) is 2. The van der Waals surface area contributed by atoms with Crippen LogP contribution >= 0.6 is 0 Å². The molecule has 2 rings (SSSR count). The molecular weight excluding hydrogens is 202 g/mol. The quantitative estimate of drug-likeness (QED) is 0.782. The van der Waals surface area contributed by atoms with Gasteiger partial charge in [0, 0.05) is 45.2 Å². The Labute approximate surface area is 96.8 Å². The van der Waals surface area contributed by atoms with Gasteiger partial charge in [-0.2, -0.15) is 0 Å². The minimum atomic E-state index is 0.326. The van der Waals surface area contributed by atoms with Crippen LogP contribution in [-0.4, -0.2) is 44.2 Å². The summed E-state index contributed by atoms with van der Waals surface area (Å²) in [6.07, 6.45) is 0. The summed E-state index contributed by atoms with van der Waals surface area (Å²) in [6.45, 7) is 8.00. The fraction of sp³-hybridized carbons (Fsp3) is 0.667. The van der Waals surface area contributed by atoms with Gasteiger partial charge >= 0.3 is 0 Å². The Morgan fingerprint density at radius 3 is 2.75 bits per heavy atom. The van der Waals surface area contributed by atoms with Gasteiger partial charge in [0.15, 0.2) is 0 Å². The van der Waals surface area contributed by atoms with Crippen molar-refractivity contribution in [3.8, 4) is 0 Å². The molecule has 0 radical (unpaired) electrons. The van der Waals surface area contributed by atoms with Gasteiger partial charge in [0.05, 0.1) is 0 Å². The summed E-state index contributed by atoms with van der Waals surface area (Å²) in [5.74, 6) is 2.32. The minimum Gasteiger partial charge on any atom is -0.466 e. The zero-order chi connectivity index (χ0) is 11.4. The van der Waals surface area contributed by atoms with Gasteiger partial charge in [-0.3, -0.25) is 0 Å². The van der Waals surface area contributed by atoms with Crippen molar-refractivity contribution in [2.75, 3.05) is 39.3 Å². The molecule has 1 aliphatic heterocycles. The Bertz CT molecular complexity index is 318. The molecular formula is C12H21N3O. The smallest absolute Gasteiger partial charge is 0.109 e. The second-order valence-corrected chi connectivity index (χ2v) is 4.43. The molecule has 0 saturated carbocycles. The molecule has 1 aromatic rings. The largest absolute Gasteiger partial charge is 0.466 e. The number of rotatable bonds is 4. The predicted octanol–water partition coefficient (Wildman–Crippen LogP) is 0.536. The lowest BCUT2D eigenvalue weighted by Crippen LogP contribution is -2.45. The van der Waals surface area contributed by atoms with Gasteiger partial charge in [-0.1, -0.05) is 0 Å². The summed E-state index contributed by atoms with van der Waals surface area (Å²) in [5.41, 5.74) is 5.83. The van der Waals surface area contributed by atoms with Crippen LogP contribution in [-0.2, 0) is 0 Å². The standard InChI is InChI=1S/C12H21N3O/c1-10-2-3-12(16-10)11(8-13)9-15-6-4-14-5-7-15/h2-3,11,14H,4-9,13H2,1H3. The average molecular weight is 223 g/mol. The van der Waals surface area contributed by atoms with E-state index in [9.17, 15) is 0 Å². The highest BCUT2D eigenvalue weighted by atomic mass is 16.3. The fourth-order valence-corrected chi connectivity index (χ4v) is 2.16. The van der Waals surface area contributed by atoms with Gasteiger partial charge in [-0.15, -0.1) is 0 Å². The molecule has 1 atom stereocenters. The molecule has 90 valence electrons. The molecule has 1 aliphatic rings. The van der Waals surface area contributed by atoms with Crippen molar-refractivity contribution in [2.45, 2.75) is 12.8 Å². The lowest BCUT2D eigenvalue weighted by molar-refractivity contribution is 0.219. The Balaban J connectivity index is 1.94. The number of nitrogens with two attached hydrogens (primary N) is 1. The second-order valence-electron chi connectivity index (χ2n) is 4.43. The maximum Gasteiger partial charge on any atom is 0.109 e. The van der Waals surface area contributed by atoms with Crippen molar-refractivity contribution in [3.05, 3.63) is 23.7 Å². The molecule has 0 spiro atoms. The fourth-order valence-electron chi connectivity index (χ4n) is 2.16. The van der Waals surface area contributed by atoms with Crippen LogP contribution in [0, 0.1) is 6.92 Å². The average Bonchev–Trinajstić information content (AvgIpc) is 2.74. The first-order valence-electron chi connectivity index (χ1n) is 5.99. The summed E-state index contributed by atoms with van der Waals surface area (Å²) < 4.78 is 5.66. The van der Waals surface area contributed by atoms with Crippen molar-refractivity contribution in [1.82, 2.24) is 10.2 Å². The number of furan rings is 1. The Kier molecular flexibility index (Phi) is 3.98. The van der Waals surface area contributed by atoms with E-state index in [-0.39, 0.29) is 0 Å². The highest BCUT2D eigenvalue weighted by Gasteiger charge is 2.18. The lowest BCUT2D eigenvalue weighted by atomic mass is 10.1. The first-order chi connectivity index (χ1) is 7.79. The van der Waals surface area contributed by atoms with E-state index in [1.807, 2.05) is 13.0 Å². The van der Waals surface area contributed by atoms with Crippen LogP contribution in [0.2, 0.25) is 0 Å². The molecule has 0 bridgehead atoms. The summed E-state index contributed by atoms with van der Waals surface area (Å²) in [7, 11) is 0. The molecule has 4 nitrogen and oxygen atoms in total. The molecule has 0 aromatic carbocycles. The van der Waals surface area contributed by atoms with Crippen molar-refractivity contribution in [3.63, 3.8) is 0 Å². The number of nitrogens with zero attached hydrogens (tertiary/aromatic N) is 1. The van der Waals surface area contributed by atoms with E-state index in [2.05, 4.69) is 16.3 Å². The molecule has 2 heterocycles. The maximum atomic E-state index is 5.83. The van der Waals surface area contributed by atoms with Crippen LogP contribution in [0.15, 0.2) is 16.5 Å². The highest BCUT2D eigenvalue weighted by molar-refractivity contribution is 5.11. The van der Waals surface area contributed by atoms with E-state index >= 15 is 0 Å². The number of nitrogens with one attached hydrogen (secondary N) is 1. The number of hydrogen-bond acceptors (Lipinski definition) is 4. The monoisotopic (exact) mass is 223 g/mol. The molecule has 16 heavy (non-hydrogen) atoms. The summed E-state index contributed by atoms with van der Waals surface area (Å²) >= 11 is 0. The van der Waals surface area contributed by atoms with Gasteiger partial charge in [0.25, 0.3) is 0 Å².